The van der Waals surface area contributed by atoms with Gasteiger partial charge in [-0.2, -0.15) is 0 Å². The predicted octanol–water partition coefficient (Wildman–Crippen LogP) is 2.78. The second-order valence-electron chi connectivity index (χ2n) is 12.6. The van der Waals surface area contributed by atoms with E-state index >= 15 is 0 Å². The number of hydrogen-bond acceptors (Lipinski definition) is 8. The predicted molar refractivity (Wildman–Crippen MR) is 150 cm³/mol. The molecule has 6 aliphatic rings. The number of ether oxygens (including phenoxy) is 1. The highest BCUT2D eigenvalue weighted by atomic mass is 19.1. The quantitative estimate of drug-likeness (QED) is 0.604. The van der Waals surface area contributed by atoms with Gasteiger partial charge in [0.25, 0.3) is 5.91 Å². The lowest BCUT2D eigenvalue weighted by atomic mass is 9.93. The van der Waals surface area contributed by atoms with Crippen molar-refractivity contribution in [2.45, 2.75) is 75.2 Å². The summed E-state index contributed by atoms with van der Waals surface area (Å²) in [6.45, 7) is 4.48. The Morgan fingerprint density at radius 3 is 2.77 bits per heavy atom. The number of piperazine rings is 1. The van der Waals surface area contributed by atoms with Gasteiger partial charge in [-0.15, -0.1) is 0 Å². The zero-order valence-corrected chi connectivity index (χ0v) is 23.0. The van der Waals surface area contributed by atoms with E-state index in [1.165, 1.54) is 31.0 Å². The summed E-state index contributed by atoms with van der Waals surface area (Å²) >= 11 is 0. The van der Waals surface area contributed by atoms with Gasteiger partial charge in [0.15, 0.2) is 0 Å². The van der Waals surface area contributed by atoms with E-state index in [-0.39, 0.29) is 35.0 Å². The van der Waals surface area contributed by atoms with Gasteiger partial charge in [-0.05, 0) is 70.2 Å². The average Bonchev–Trinajstić information content (AvgIpc) is 3.64. The molecule has 0 saturated carbocycles. The van der Waals surface area contributed by atoms with Gasteiger partial charge in [-0.1, -0.05) is 6.07 Å². The van der Waals surface area contributed by atoms with Gasteiger partial charge < -0.3 is 29.9 Å². The maximum Gasteiger partial charge on any atom is 0.251 e. The summed E-state index contributed by atoms with van der Waals surface area (Å²) < 4.78 is 21.6. The van der Waals surface area contributed by atoms with Gasteiger partial charge in [0.05, 0.1) is 23.5 Å². The molecule has 4 fully saturated rings. The van der Waals surface area contributed by atoms with E-state index in [4.69, 9.17) is 9.72 Å². The molecule has 1 amide bonds. The van der Waals surface area contributed by atoms with Crippen molar-refractivity contribution in [1.29, 1.82) is 0 Å². The Labute approximate surface area is 233 Å². The van der Waals surface area contributed by atoms with Crippen LogP contribution in [0.4, 0.5) is 21.5 Å². The molecule has 0 spiro atoms. The Morgan fingerprint density at radius 2 is 1.98 bits per heavy atom. The standard InChI is InChI=1S/C30H37FN6O3/c1-34-27-24(37-15-18-7-8-21(32-18)26(37)29(34)39)19-9-14-35(25-20(31)5-2-6-23(25)38)16-22(19)33-28(27)40-17-30-10-3-12-36(30)13-4-11-30/h2,5-6,18,21,26,32,38H,3-4,7-17H2,1H3. The zero-order valence-electron chi connectivity index (χ0n) is 23.0. The number of pyridine rings is 1. The van der Waals surface area contributed by atoms with Crippen LogP contribution in [-0.2, 0) is 17.8 Å². The fraction of sp³-hybridized carbons (Fsp3) is 0.600. The van der Waals surface area contributed by atoms with E-state index in [1.54, 1.807) is 4.90 Å². The number of rotatable bonds is 4. The summed E-state index contributed by atoms with van der Waals surface area (Å²) in [7, 11) is 1.86. The lowest BCUT2D eigenvalue weighted by molar-refractivity contribution is -0.120. The molecule has 6 aliphatic heterocycles. The summed E-state index contributed by atoms with van der Waals surface area (Å²) in [5.74, 6) is 0.0843. The van der Waals surface area contributed by atoms with Crippen molar-refractivity contribution < 1.29 is 19.0 Å². The third-order valence-electron chi connectivity index (χ3n) is 10.5. The number of hydrogen-bond donors (Lipinski definition) is 2. The van der Waals surface area contributed by atoms with Crippen molar-refractivity contribution in [3.8, 4) is 11.6 Å². The minimum Gasteiger partial charge on any atom is -0.506 e. The normalized spacial score (nSPS) is 28.4. The molecular formula is C30H37FN6O3. The number of aromatic nitrogens is 1. The van der Waals surface area contributed by atoms with Crippen LogP contribution in [0.1, 0.15) is 49.8 Å². The zero-order chi connectivity index (χ0) is 27.2. The molecule has 8 rings (SSSR count). The van der Waals surface area contributed by atoms with Crippen LogP contribution in [0.3, 0.4) is 0 Å². The monoisotopic (exact) mass is 548 g/mol. The smallest absolute Gasteiger partial charge is 0.251 e. The SMILES string of the molecule is CN1C(=O)C2C3CCC(CN2c2c4c(nc(OCC56CCCN5CCC6)c21)CN(c1c(O)cccc1F)CC4)N3. The number of carbonyl (C=O) groups is 1. The summed E-state index contributed by atoms with van der Waals surface area (Å²) in [6, 6.07) is 4.68. The number of nitrogens with one attached hydrogen (secondary N) is 1. The Balaban J connectivity index is 1.23. The van der Waals surface area contributed by atoms with Gasteiger partial charge in [0, 0.05) is 37.8 Å². The van der Waals surface area contributed by atoms with E-state index in [9.17, 15) is 14.3 Å². The number of nitrogens with zero attached hydrogens (tertiary/aromatic N) is 5. The molecular weight excluding hydrogens is 511 g/mol. The summed E-state index contributed by atoms with van der Waals surface area (Å²) in [4.78, 5) is 27.5. The van der Waals surface area contributed by atoms with E-state index in [0.29, 0.717) is 38.0 Å². The minimum absolute atomic E-state index is 0.0450. The number of halogens is 1. The molecule has 9 nitrogen and oxygen atoms in total. The number of para-hydroxylation sites is 1. The maximum atomic E-state index is 14.9. The minimum atomic E-state index is -0.441. The number of anilines is 3. The number of phenolic OH excluding ortho intramolecular Hbond substituents is 1. The van der Waals surface area contributed by atoms with Crippen LogP contribution in [0, 0.1) is 5.82 Å². The van der Waals surface area contributed by atoms with Gasteiger partial charge >= 0.3 is 0 Å². The molecule has 2 aromatic rings. The molecule has 0 aliphatic carbocycles. The second-order valence-corrected chi connectivity index (χ2v) is 12.6. The summed E-state index contributed by atoms with van der Waals surface area (Å²) in [5, 5.41) is 14.2. The number of carbonyl (C=O) groups excluding carboxylic acids is 1. The van der Waals surface area contributed by atoms with Crippen molar-refractivity contribution in [2.24, 2.45) is 0 Å². The van der Waals surface area contributed by atoms with Gasteiger partial charge in [0.2, 0.25) is 5.88 Å². The lowest BCUT2D eigenvalue weighted by Gasteiger charge is -2.49. The molecule has 2 bridgehead atoms. The number of aromatic hydroxyl groups is 1. The maximum absolute atomic E-state index is 14.9. The van der Waals surface area contributed by atoms with Crippen LogP contribution in [-0.4, -0.2) is 84.4 Å². The first-order valence-corrected chi connectivity index (χ1v) is 14.9. The van der Waals surface area contributed by atoms with Crippen molar-refractivity contribution in [2.75, 3.05) is 54.5 Å². The van der Waals surface area contributed by atoms with E-state index in [0.717, 1.165) is 67.9 Å². The van der Waals surface area contributed by atoms with Crippen LogP contribution in [0.25, 0.3) is 0 Å². The average molecular weight is 549 g/mol. The molecule has 0 radical (unpaired) electrons. The number of fused-ring (bicyclic) bond motifs is 9. The molecule has 3 atom stereocenters. The first-order valence-electron chi connectivity index (χ1n) is 14.9. The van der Waals surface area contributed by atoms with Crippen LogP contribution in [0.5, 0.6) is 11.6 Å². The van der Waals surface area contributed by atoms with Gasteiger partial charge in [0.1, 0.15) is 35.6 Å². The summed E-state index contributed by atoms with van der Waals surface area (Å²) in [6.07, 6.45) is 7.32. The molecule has 212 valence electrons. The van der Waals surface area contributed by atoms with Crippen molar-refractivity contribution in [3.05, 3.63) is 35.3 Å². The van der Waals surface area contributed by atoms with E-state index in [2.05, 4.69) is 15.1 Å². The number of benzene rings is 1. The Bertz CT molecular complexity index is 1360. The van der Waals surface area contributed by atoms with E-state index in [1.807, 2.05) is 11.9 Å². The van der Waals surface area contributed by atoms with Crippen LogP contribution in [0.2, 0.25) is 0 Å². The third kappa shape index (κ3) is 3.51. The largest absolute Gasteiger partial charge is 0.506 e. The van der Waals surface area contributed by atoms with Crippen molar-refractivity contribution in [3.63, 3.8) is 0 Å². The molecule has 40 heavy (non-hydrogen) atoms. The Kier molecular flexibility index (Phi) is 5.52. The van der Waals surface area contributed by atoms with Gasteiger partial charge in [-0.25, -0.2) is 9.37 Å². The second kappa shape index (κ2) is 8.94. The molecule has 10 heteroatoms. The lowest BCUT2D eigenvalue weighted by Crippen LogP contribution is -2.66. The highest BCUT2D eigenvalue weighted by molar-refractivity contribution is 6.08. The highest BCUT2D eigenvalue weighted by Crippen LogP contribution is 2.50. The topological polar surface area (TPSA) is 84.4 Å². The van der Waals surface area contributed by atoms with Gasteiger partial charge in [-0.3, -0.25) is 9.69 Å². The van der Waals surface area contributed by atoms with Crippen LogP contribution in [0.15, 0.2) is 18.2 Å². The van der Waals surface area contributed by atoms with Crippen molar-refractivity contribution >= 4 is 23.0 Å². The molecule has 4 saturated heterocycles. The number of phenols is 1. The molecule has 2 N–H and O–H groups in total. The number of amides is 1. The Hall–Kier alpha value is -3.11. The third-order valence-corrected chi connectivity index (χ3v) is 10.5. The molecule has 7 heterocycles. The summed E-state index contributed by atoms with van der Waals surface area (Å²) in [5.41, 5.74) is 4.05. The number of likely N-dealkylation sites (N-methyl/N-ethyl adjacent to an activating group) is 1. The van der Waals surface area contributed by atoms with Crippen LogP contribution < -0.4 is 24.8 Å². The fourth-order valence-corrected chi connectivity index (χ4v) is 8.56. The molecule has 1 aromatic heterocycles. The molecule has 1 aromatic carbocycles. The van der Waals surface area contributed by atoms with Crippen LogP contribution >= 0.6 is 0 Å². The van der Waals surface area contributed by atoms with Crippen molar-refractivity contribution in [1.82, 2.24) is 15.2 Å². The first-order chi connectivity index (χ1) is 19.4. The Morgan fingerprint density at radius 1 is 1.15 bits per heavy atom. The van der Waals surface area contributed by atoms with E-state index < -0.39 is 5.82 Å². The fourth-order valence-electron chi connectivity index (χ4n) is 8.56. The first kappa shape index (κ1) is 24.7. The molecule has 3 unspecified atom stereocenters. The highest BCUT2D eigenvalue weighted by Gasteiger charge is 2.51.